The van der Waals surface area contributed by atoms with Crippen LogP contribution in [0.2, 0.25) is 19.6 Å². The van der Waals surface area contributed by atoms with Crippen LogP contribution in [0.4, 0.5) is 4.39 Å². The van der Waals surface area contributed by atoms with Crippen molar-refractivity contribution >= 4 is 35.2 Å². The number of hydrogen-bond donors (Lipinski definition) is 0. The molecule has 3 heterocycles. The van der Waals surface area contributed by atoms with E-state index in [-0.39, 0.29) is 25.9 Å². The van der Waals surface area contributed by atoms with Crippen LogP contribution in [0.15, 0.2) is 89.6 Å². The number of hydrogen-bond acceptors (Lipinski definition) is 3. The number of benzene rings is 3. The molecule has 3 aromatic heterocycles. The van der Waals surface area contributed by atoms with E-state index < -0.39 is 19.9 Å². The third-order valence-electron chi connectivity index (χ3n) is 7.23. The van der Waals surface area contributed by atoms with E-state index >= 15 is 0 Å². The zero-order valence-corrected chi connectivity index (χ0v) is 29.0. The smallest absolute Gasteiger partial charge is 0.121 e. The molecule has 0 atom stereocenters. The summed E-state index contributed by atoms with van der Waals surface area (Å²) in [5.41, 5.74) is 6.11. The van der Waals surface area contributed by atoms with Crippen LogP contribution in [0.1, 0.15) is 53.4 Å². The van der Waals surface area contributed by atoms with Crippen molar-refractivity contribution in [1.29, 1.82) is 0 Å². The summed E-state index contributed by atoms with van der Waals surface area (Å²) >= 11 is 0. The Labute approximate surface area is 271 Å². The molecule has 6 aromatic rings. The molecular formula is C37H37FIrN2OSi-2. The molecule has 0 saturated carbocycles. The van der Waals surface area contributed by atoms with E-state index in [2.05, 4.69) is 47.8 Å². The molecule has 43 heavy (non-hydrogen) atoms. The van der Waals surface area contributed by atoms with Crippen molar-refractivity contribution in [3.63, 3.8) is 0 Å². The number of rotatable bonds is 5. The van der Waals surface area contributed by atoms with Crippen LogP contribution in [0.25, 0.3) is 44.5 Å². The minimum Gasteiger partial charge on any atom is -0.500 e. The second kappa shape index (κ2) is 13.5. The molecule has 0 aliphatic heterocycles. The van der Waals surface area contributed by atoms with Gasteiger partial charge in [-0.25, -0.2) is 0 Å². The molecule has 0 bridgehead atoms. The molecule has 223 valence electrons. The molecular weight excluding hydrogens is 728 g/mol. The largest absolute Gasteiger partial charge is 0.500 e. The summed E-state index contributed by atoms with van der Waals surface area (Å²) in [6.07, 6.45) is 3.64. The summed E-state index contributed by atoms with van der Waals surface area (Å²) in [6.45, 7) is 14.4. The molecule has 3 nitrogen and oxygen atoms in total. The SMILES string of the molecule is [2H]C(C)(C)c1cc(-c2[c-]cccc2)ncc1[Si](C)(C)C.[2H]C(C)(C)c1ccnc(-c2[c-]cc(F)c3c2oc2ccccc23)c1.[Ir]. The fourth-order valence-electron chi connectivity index (χ4n) is 4.97. The molecule has 0 N–H and O–H groups in total. The van der Waals surface area contributed by atoms with Crippen molar-refractivity contribution in [3.8, 4) is 22.5 Å². The molecule has 0 amide bonds. The van der Waals surface area contributed by atoms with E-state index in [1.54, 1.807) is 6.20 Å². The monoisotopic (exact) mass is 767 g/mol. The van der Waals surface area contributed by atoms with Crippen LogP contribution in [0, 0.1) is 17.9 Å². The standard InChI is InChI=1S/C20H15FNO.C17H22NSi.Ir/c1-12(2)13-9-10-22-17(11-13)14-7-8-16(21)19-15-5-3-4-6-18(15)23-20(14)19;1-13(2)15-11-16(14-9-7-6-8-10-14)18-12-17(15)19(3,4)5;/h3-6,8-12H,1-2H3;6-9,11-13H,1-5H3;/q2*-1;/i12D;13D;. The van der Waals surface area contributed by atoms with Gasteiger partial charge in [-0.1, -0.05) is 94.4 Å². The first-order valence-corrected chi connectivity index (χ1v) is 17.6. The predicted molar refractivity (Wildman–Crippen MR) is 175 cm³/mol. The van der Waals surface area contributed by atoms with Gasteiger partial charge in [-0.15, -0.1) is 48.0 Å². The molecule has 6 rings (SSSR count). The molecule has 0 fully saturated rings. The summed E-state index contributed by atoms with van der Waals surface area (Å²) in [7, 11) is -1.50. The summed E-state index contributed by atoms with van der Waals surface area (Å²) in [4.78, 5) is 8.99. The average molecular weight is 767 g/mol. The van der Waals surface area contributed by atoms with Gasteiger partial charge in [-0.2, -0.15) is 0 Å². The number of pyridine rings is 2. The van der Waals surface area contributed by atoms with Crippen LogP contribution >= 0.6 is 0 Å². The van der Waals surface area contributed by atoms with Crippen LogP contribution in [-0.4, -0.2) is 18.0 Å². The van der Waals surface area contributed by atoms with Crippen molar-refractivity contribution in [3.05, 3.63) is 114 Å². The van der Waals surface area contributed by atoms with Crippen molar-refractivity contribution in [2.24, 2.45) is 0 Å². The summed E-state index contributed by atoms with van der Waals surface area (Å²) in [6, 6.07) is 28.4. The van der Waals surface area contributed by atoms with E-state index in [1.165, 1.54) is 11.3 Å². The van der Waals surface area contributed by atoms with Crippen molar-refractivity contribution in [2.45, 2.75) is 59.1 Å². The maximum Gasteiger partial charge on any atom is 0.121 e. The van der Waals surface area contributed by atoms with Crippen molar-refractivity contribution in [2.75, 3.05) is 0 Å². The Kier molecular flexibility index (Phi) is 9.27. The Morgan fingerprint density at radius 1 is 0.884 bits per heavy atom. The second-order valence-electron chi connectivity index (χ2n) is 11.9. The van der Waals surface area contributed by atoms with Crippen molar-refractivity contribution < 1.29 is 31.7 Å². The molecule has 0 unspecified atom stereocenters. The third kappa shape index (κ3) is 7.04. The number of aromatic nitrogens is 2. The fourth-order valence-corrected chi connectivity index (χ4v) is 6.55. The fraction of sp³-hybridized carbons (Fsp3) is 0.243. The van der Waals surface area contributed by atoms with Crippen LogP contribution in [0.3, 0.4) is 0 Å². The topological polar surface area (TPSA) is 38.9 Å². The van der Waals surface area contributed by atoms with Crippen LogP contribution in [-0.2, 0) is 20.1 Å². The van der Waals surface area contributed by atoms with E-state index in [1.807, 2.05) is 94.6 Å². The quantitative estimate of drug-likeness (QED) is 0.130. The second-order valence-corrected chi connectivity index (χ2v) is 16.9. The Morgan fingerprint density at radius 2 is 1.63 bits per heavy atom. The number of fused-ring (bicyclic) bond motifs is 3. The number of para-hydroxylation sites is 1. The van der Waals surface area contributed by atoms with Gasteiger partial charge in [0.15, 0.2) is 0 Å². The van der Waals surface area contributed by atoms with E-state index in [0.29, 0.717) is 27.8 Å². The van der Waals surface area contributed by atoms with Crippen LogP contribution in [0.5, 0.6) is 0 Å². The van der Waals surface area contributed by atoms with E-state index in [4.69, 9.17) is 7.16 Å². The first kappa shape index (κ1) is 29.6. The molecule has 6 heteroatoms. The van der Waals surface area contributed by atoms with Gasteiger partial charge in [-0.3, -0.25) is 4.39 Å². The zero-order chi connectivity index (χ0) is 31.9. The maximum absolute atomic E-state index is 14.4. The normalized spacial score (nSPS) is 12.7. The minimum absolute atomic E-state index is 0. The molecule has 1 radical (unpaired) electrons. The molecule has 0 aliphatic rings. The zero-order valence-electron chi connectivity index (χ0n) is 27.6. The molecule has 0 saturated heterocycles. The summed E-state index contributed by atoms with van der Waals surface area (Å²) < 4.78 is 36.9. The van der Waals surface area contributed by atoms with Gasteiger partial charge in [0.05, 0.1) is 13.7 Å². The van der Waals surface area contributed by atoms with Gasteiger partial charge >= 0.3 is 0 Å². The maximum atomic E-state index is 14.4. The van der Waals surface area contributed by atoms with Crippen molar-refractivity contribution in [1.82, 2.24) is 9.97 Å². The average Bonchev–Trinajstić information content (AvgIpc) is 3.37. The molecule has 0 spiro atoms. The van der Waals surface area contributed by atoms with Gasteiger partial charge in [0, 0.05) is 46.4 Å². The predicted octanol–water partition coefficient (Wildman–Crippen LogP) is 9.93. The number of nitrogens with zero attached hydrogens (tertiary/aromatic N) is 2. The number of halogens is 1. The molecule has 3 aromatic carbocycles. The van der Waals surface area contributed by atoms with Gasteiger partial charge in [0.25, 0.3) is 0 Å². The minimum atomic E-state index is -1.50. The van der Waals surface area contributed by atoms with E-state index in [0.717, 1.165) is 27.8 Å². The Morgan fingerprint density at radius 3 is 2.30 bits per heavy atom. The van der Waals surface area contributed by atoms with Gasteiger partial charge in [0.2, 0.25) is 0 Å². The first-order chi connectivity index (χ1) is 20.6. The van der Waals surface area contributed by atoms with Gasteiger partial charge < -0.3 is 14.4 Å². The summed E-state index contributed by atoms with van der Waals surface area (Å²) in [5, 5.41) is 2.45. The summed E-state index contributed by atoms with van der Waals surface area (Å²) in [5.74, 6) is -1.72. The van der Waals surface area contributed by atoms with Gasteiger partial charge in [0.1, 0.15) is 5.58 Å². The molecule has 0 aliphatic carbocycles. The van der Waals surface area contributed by atoms with Gasteiger partial charge in [-0.05, 0) is 45.9 Å². The third-order valence-corrected chi connectivity index (χ3v) is 9.25. The Hall–Kier alpha value is -3.44. The first-order valence-electron chi connectivity index (χ1n) is 15.1. The Balaban J connectivity index is 0.000000204. The Bertz CT molecular complexity index is 1940. The number of furan rings is 1. The van der Waals surface area contributed by atoms with E-state index in [9.17, 15) is 4.39 Å². The van der Waals surface area contributed by atoms with Crippen LogP contribution < -0.4 is 5.19 Å².